The first kappa shape index (κ1) is 11.5. The van der Waals surface area contributed by atoms with Crippen LogP contribution in [0, 0.1) is 0 Å². The summed E-state index contributed by atoms with van der Waals surface area (Å²) in [5, 5.41) is 0. The largest absolute Gasteiger partial charge is 0.329 e. The highest BCUT2D eigenvalue weighted by Gasteiger charge is 2.31. The molecule has 0 aromatic heterocycles. The molecular weight excluding hydrogens is 213 g/mol. The highest BCUT2D eigenvalue weighted by molar-refractivity contribution is 7.32. The van der Waals surface area contributed by atoms with Gasteiger partial charge in [0.1, 0.15) is 0 Å². The monoisotopic (exact) mass is 225 g/mol. The third-order valence-electron chi connectivity index (χ3n) is 1.26. The molecule has 0 heterocycles. The van der Waals surface area contributed by atoms with Gasteiger partial charge in [0.25, 0.3) is 0 Å². The first-order valence-corrected chi connectivity index (χ1v) is 10.5. The Morgan fingerprint density at radius 2 is 1.36 bits per heavy atom. The van der Waals surface area contributed by atoms with Crippen LogP contribution in [0.5, 0.6) is 0 Å². The van der Waals surface area contributed by atoms with Crippen LogP contribution in [0.1, 0.15) is 0 Å². The van der Waals surface area contributed by atoms with Gasteiger partial charge in [0.05, 0.1) is 0 Å². The predicted octanol–water partition coefficient (Wildman–Crippen LogP) is 2.65. The smallest absolute Gasteiger partial charge is 0.241 e. The number of hydrogen-bond acceptors (Lipinski definition) is 1. The molecule has 0 aliphatic carbocycles. The fourth-order valence-corrected chi connectivity index (χ4v) is 9.19. The van der Waals surface area contributed by atoms with E-state index in [9.17, 15) is 0 Å². The van der Waals surface area contributed by atoms with Crippen LogP contribution in [0.25, 0.3) is 0 Å². The molecule has 5 heteroatoms. The van der Waals surface area contributed by atoms with E-state index in [-0.39, 0.29) is 0 Å². The van der Waals surface area contributed by atoms with E-state index in [1.54, 1.807) is 11.4 Å². The minimum absolute atomic E-state index is 1.76. The third-order valence-corrected chi connectivity index (χ3v) is 9.33. The van der Waals surface area contributed by atoms with Crippen molar-refractivity contribution in [1.29, 1.82) is 0 Å². The zero-order chi connectivity index (χ0) is 9.12. The molecule has 0 amide bonds. The molecule has 64 valence electrons. The Labute approximate surface area is 79.7 Å². The predicted molar refractivity (Wildman–Crippen MR) is 58.5 cm³/mol. The molecule has 0 saturated carbocycles. The normalized spacial score (nSPS) is 21.5. The van der Waals surface area contributed by atoms with E-state index in [2.05, 4.69) is 17.8 Å². The van der Waals surface area contributed by atoms with Crippen molar-refractivity contribution in [2.24, 2.45) is 0 Å². The summed E-state index contributed by atoms with van der Waals surface area (Å²) in [5.74, 6) is 0. The Kier molecular flexibility index (Phi) is 4.07. The summed E-state index contributed by atoms with van der Waals surface area (Å²) < 4.78 is 3.20. The standard InChI is InChI=1S/C6H13Cl2NSi2/c1-5-10(3,7)9-11(4,8)6-2/h5-6,9H,1-2H2,3-4H3. The van der Waals surface area contributed by atoms with Gasteiger partial charge in [0.15, 0.2) is 0 Å². The zero-order valence-corrected chi connectivity index (χ0v) is 10.3. The molecule has 0 rings (SSSR count). The van der Waals surface area contributed by atoms with E-state index in [1.165, 1.54) is 0 Å². The molecule has 0 spiro atoms. The van der Waals surface area contributed by atoms with Crippen molar-refractivity contribution in [3.05, 3.63) is 24.6 Å². The molecule has 0 radical (unpaired) electrons. The van der Waals surface area contributed by atoms with Crippen LogP contribution in [0.15, 0.2) is 24.6 Å². The van der Waals surface area contributed by atoms with Gasteiger partial charge >= 0.3 is 0 Å². The van der Waals surface area contributed by atoms with Crippen molar-refractivity contribution in [2.45, 2.75) is 13.1 Å². The maximum absolute atomic E-state index is 6.10. The van der Waals surface area contributed by atoms with Crippen LogP contribution >= 0.6 is 22.2 Å². The molecule has 0 fully saturated rings. The van der Waals surface area contributed by atoms with Gasteiger partial charge in [0.2, 0.25) is 15.1 Å². The highest BCUT2D eigenvalue weighted by atomic mass is 35.6. The van der Waals surface area contributed by atoms with Crippen LogP contribution in [-0.2, 0) is 0 Å². The van der Waals surface area contributed by atoms with E-state index in [0.29, 0.717) is 0 Å². The SMILES string of the molecule is C=C[Si](C)(Cl)N[Si](C)(Cl)C=C. The van der Waals surface area contributed by atoms with Crippen molar-refractivity contribution in [3.63, 3.8) is 0 Å². The van der Waals surface area contributed by atoms with Crippen molar-refractivity contribution in [3.8, 4) is 0 Å². The van der Waals surface area contributed by atoms with Gasteiger partial charge in [-0.05, 0) is 13.1 Å². The lowest BCUT2D eigenvalue weighted by molar-refractivity contribution is 1.44. The molecule has 0 aliphatic heterocycles. The van der Waals surface area contributed by atoms with Crippen molar-refractivity contribution in [2.75, 3.05) is 0 Å². The first-order chi connectivity index (χ1) is 4.83. The summed E-state index contributed by atoms with van der Waals surface area (Å²) >= 11 is 12.2. The minimum atomic E-state index is -1.99. The summed E-state index contributed by atoms with van der Waals surface area (Å²) in [7, 11) is -3.98. The summed E-state index contributed by atoms with van der Waals surface area (Å²) in [6, 6.07) is 0. The molecule has 0 saturated heterocycles. The van der Waals surface area contributed by atoms with Gasteiger partial charge in [0, 0.05) is 0 Å². The van der Waals surface area contributed by atoms with Crippen molar-refractivity contribution < 1.29 is 0 Å². The maximum Gasteiger partial charge on any atom is 0.241 e. The zero-order valence-electron chi connectivity index (χ0n) is 6.82. The second-order valence-electron chi connectivity index (χ2n) is 2.68. The number of nitrogens with one attached hydrogen (secondary N) is 1. The molecule has 1 N–H and O–H groups in total. The molecule has 0 aromatic rings. The molecule has 0 aromatic carbocycles. The van der Waals surface area contributed by atoms with Gasteiger partial charge in [-0.3, -0.25) is 0 Å². The molecule has 1 nitrogen and oxygen atoms in total. The molecular formula is C6H13Cl2NSi2. The van der Waals surface area contributed by atoms with Gasteiger partial charge in [-0.15, -0.1) is 35.3 Å². The molecule has 11 heavy (non-hydrogen) atoms. The summed E-state index contributed by atoms with van der Waals surface area (Å²) in [4.78, 5) is 0. The number of hydrogen-bond donors (Lipinski definition) is 1. The molecule has 0 bridgehead atoms. The van der Waals surface area contributed by atoms with Crippen LogP contribution in [0.4, 0.5) is 0 Å². The maximum atomic E-state index is 6.10. The summed E-state index contributed by atoms with van der Waals surface area (Å²) in [6.07, 6.45) is 0. The summed E-state index contributed by atoms with van der Waals surface area (Å²) in [6.45, 7) is 11.2. The number of rotatable bonds is 4. The Hall–Kier alpha value is 0.454. The minimum Gasteiger partial charge on any atom is -0.329 e. The van der Waals surface area contributed by atoms with Crippen LogP contribution in [0.2, 0.25) is 13.1 Å². The van der Waals surface area contributed by atoms with Crippen LogP contribution in [0.3, 0.4) is 0 Å². The lowest BCUT2D eigenvalue weighted by atomic mass is 11.3. The van der Waals surface area contributed by atoms with Crippen LogP contribution in [-0.4, -0.2) is 15.1 Å². The summed E-state index contributed by atoms with van der Waals surface area (Å²) in [5.41, 5.74) is 3.51. The van der Waals surface area contributed by atoms with E-state index in [1.807, 2.05) is 13.1 Å². The van der Waals surface area contributed by atoms with Gasteiger partial charge in [-0.1, -0.05) is 11.4 Å². The molecule has 2 unspecified atom stereocenters. The van der Waals surface area contributed by atoms with E-state index in [0.717, 1.165) is 0 Å². The van der Waals surface area contributed by atoms with Gasteiger partial charge < -0.3 is 4.65 Å². The fraction of sp³-hybridized carbons (Fsp3) is 0.333. The Bertz CT molecular complexity index is 150. The van der Waals surface area contributed by atoms with Gasteiger partial charge in [-0.25, -0.2) is 0 Å². The van der Waals surface area contributed by atoms with Crippen molar-refractivity contribution in [1.82, 2.24) is 4.65 Å². The first-order valence-electron chi connectivity index (χ1n) is 3.27. The number of halogens is 2. The molecule has 0 aliphatic rings. The average molecular weight is 226 g/mol. The molecule has 2 atom stereocenters. The second-order valence-corrected chi connectivity index (χ2v) is 13.5. The Morgan fingerprint density at radius 3 is 1.55 bits per heavy atom. The Morgan fingerprint density at radius 1 is 1.09 bits per heavy atom. The van der Waals surface area contributed by atoms with Crippen LogP contribution < -0.4 is 4.65 Å². The van der Waals surface area contributed by atoms with E-state index >= 15 is 0 Å². The van der Waals surface area contributed by atoms with E-state index < -0.39 is 15.1 Å². The van der Waals surface area contributed by atoms with E-state index in [4.69, 9.17) is 22.2 Å². The average Bonchev–Trinajstić information content (AvgIpc) is 1.86. The van der Waals surface area contributed by atoms with Gasteiger partial charge in [-0.2, -0.15) is 0 Å². The highest BCUT2D eigenvalue weighted by Crippen LogP contribution is 2.13. The van der Waals surface area contributed by atoms with Crippen molar-refractivity contribution >= 4 is 37.2 Å². The topological polar surface area (TPSA) is 12.0 Å². The lowest BCUT2D eigenvalue weighted by Crippen LogP contribution is -2.54. The lowest BCUT2D eigenvalue weighted by Gasteiger charge is -2.24. The Balaban J connectivity index is 4.23. The quantitative estimate of drug-likeness (QED) is 0.574. The third kappa shape index (κ3) is 4.82. The second kappa shape index (κ2) is 3.91. The fourth-order valence-electron chi connectivity index (χ4n) is 0.580.